The third-order valence-corrected chi connectivity index (χ3v) is 4.06. The Bertz CT molecular complexity index is 646. The van der Waals surface area contributed by atoms with Gasteiger partial charge in [0.1, 0.15) is 11.4 Å². The smallest absolute Gasteiger partial charge is 0.127 e. The Morgan fingerprint density at radius 2 is 1.71 bits per heavy atom. The fourth-order valence-electron chi connectivity index (χ4n) is 2.96. The summed E-state index contributed by atoms with van der Waals surface area (Å²) in [6, 6.07) is 15.0. The van der Waals surface area contributed by atoms with Crippen molar-refractivity contribution in [2.24, 2.45) is 0 Å². The predicted octanol–water partition coefficient (Wildman–Crippen LogP) is 4.00. The highest BCUT2D eigenvalue weighted by molar-refractivity contribution is 5.45. The van der Waals surface area contributed by atoms with Crippen molar-refractivity contribution in [3.8, 4) is 5.75 Å². The highest BCUT2D eigenvalue weighted by Crippen LogP contribution is 2.37. The van der Waals surface area contributed by atoms with Crippen LogP contribution in [-0.4, -0.2) is 5.60 Å². The molecule has 0 atom stereocenters. The molecule has 1 N–H and O–H groups in total. The number of ether oxygens (including phenoxy) is 1. The second-order valence-electron chi connectivity index (χ2n) is 6.47. The Morgan fingerprint density at radius 3 is 2.52 bits per heavy atom. The molecule has 0 aliphatic carbocycles. The first kappa shape index (κ1) is 14.2. The van der Waals surface area contributed by atoms with E-state index in [1.807, 2.05) is 0 Å². The van der Waals surface area contributed by atoms with Crippen molar-refractivity contribution in [2.45, 2.75) is 45.9 Å². The zero-order chi connectivity index (χ0) is 14.9. The van der Waals surface area contributed by atoms with Gasteiger partial charge in [-0.2, -0.15) is 0 Å². The van der Waals surface area contributed by atoms with Crippen LogP contribution in [0.3, 0.4) is 0 Å². The maximum absolute atomic E-state index is 6.11. The van der Waals surface area contributed by atoms with E-state index in [2.05, 4.69) is 68.6 Å². The summed E-state index contributed by atoms with van der Waals surface area (Å²) in [6.07, 6.45) is 0.994. The summed E-state index contributed by atoms with van der Waals surface area (Å²) in [7, 11) is 0. The highest BCUT2D eigenvalue weighted by atomic mass is 16.5. The highest BCUT2D eigenvalue weighted by Gasteiger charge is 2.31. The van der Waals surface area contributed by atoms with Gasteiger partial charge in [-0.3, -0.25) is 0 Å². The number of para-hydroxylation sites is 1. The van der Waals surface area contributed by atoms with Crippen LogP contribution in [0.1, 0.15) is 36.1 Å². The second-order valence-corrected chi connectivity index (χ2v) is 6.47. The number of fused-ring (bicyclic) bond motifs is 1. The number of nitrogens with one attached hydrogen (secondary N) is 1. The topological polar surface area (TPSA) is 21.3 Å². The number of benzene rings is 2. The van der Waals surface area contributed by atoms with Gasteiger partial charge in [0.25, 0.3) is 0 Å². The number of hydrogen-bond donors (Lipinski definition) is 1. The van der Waals surface area contributed by atoms with Crippen LogP contribution >= 0.6 is 0 Å². The lowest BCUT2D eigenvalue weighted by molar-refractivity contribution is 0.137. The molecular formula is C19H23NO. The minimum absolute atomic E-state index is 0.0749. The second kappa shape index (κ2) is 5.53. The van der Waals surface area contributed by atoms with Crippen molar-refractivity contribution in [1.82, 2.24) is 5.32 Å². The largest absolute Gasteiger partial charge is 0.487 e. The van der Waals surface area contributed by atoms with E-state index in [1.165, 1.54) is 22.3 Å². The number of rotatable bonds is 4. The van der Waals surface area contributed by atoms with E-state index in [4.69, 9.17) is 4.74 Å². The Hall–Kier alpha value is -1.80. The third kappa shape index (κ3) is 3.11. The first-order chi connectivity index (χ1) is 10.1. The number of hydrogen-bond acceptors (Lipinski definition) is 2. The summed E-state index contributed by atoms with van der Waals surface area (Å²) in [5.74, 6) is 1.08. The molecule has 1 aliphatic rings. The molecule has 1 heterocycles. The molecule has 2 nitrogen and oxygen atoms in total. The lowest BCUT2D eigenvalue weighted by Gasteiger charge is -2.18. The first-order valence-corrected chi connectivity index (χ1v) is 7.60. The van der Waals surface area contributed by atoms with Gasteiger partial charge in [-0.15, -0.1) is 0 Å². The van der Waals surface area contributed by atoms with Crippen LogP contribution in [0.5, 0.6) is 5.75 Å². The summed E-state index contributed by atoms with van der Waals surface area (Å²) >= 11 is 0. The number of aryl methyl sites for hydroxylation is 1. The standard InChI is InChI=1S/C19H23NO/c1-14-7-4-5-8-16(14)12-20-13-17-10-6-9-15-11-19(2,3)21-18(15)17/h4-10,20H,11-13H2,1-3H3. The van der Waals surface area contributed by atoms with E-state index in [-0.39, 0.29) is 5.60 Å². The van der Waals surface area contributed by atoms with Crippen LogP contribution in [0.15, 0.2) is 42.5 Å². The van der Waals surface area contributed by atoms with Gasteiger partial charge in [-0.1, -0.05) is 42.5 Å². The first-order valence-electron chi connectivity index (χ1n) is 7.60. The van der Waals surface area contributed by atoms with Crippen LogP contribution in [0.4, 0.5) is 0 Å². The van der Waals surface area contributed by atoms with Crippen molar-refractivity contribution in [3.63, 3.8) is 0 Å². The minimum Gasteiger partial charge on any atom is -0.487 e. The van der Waals surface area contributed by atoms with Gasteiger partial charge in [0, 0.05) is 25.1 Å². The molecule has 2 heteroatoms. The Labute approximate surface area is 127 Å². The molecule has 2 aromatic carbocycles. The van der Waals surface area contributed by atoms with Crippen LogP contribution in [0, 0.1) is 6.92 Å². The molecule has 0 fully saturated rings. The fourth-order valence-corrected chi connectivity index (χ4v) is 2.96. The third-order valence-electron chi connectivity index (χ3n) is 4.06. The Balaban J connectivity index is 1.68. The van der Waals surface area contributed by atoms with Gasteiger partial charge in [0.15, 0.2) is 0 Å². The normalized spacial score (nSPS) is 15.6. The van der Waals surface area contributed by atoms with Crippen LogP contribution in [0.2, 0.25) is 0 Å². The maximum atomic E-state index is 6.11. The molecule has 0 unspecified atom stereocenters. The monoisotopic (exact) mass is 281 g/mol. The molecule has 0 amide bonds. The van der Waals surface area contributed by atoms with Crippen molar-refractivity contribution in [2.75, 3.05) is 0 Å². The summed E-state index contributed by atoms with van der Waals surface area (Å²) in [5.41, 5.74) is 5.20. The molecule has 1 aliphatic heterocycles. The Morgan fingerprint density at radius 1 is 1.00 bits per heavy atom. The summed E-state index contributed by atoms with van der Waals surface area (Å²) in [6.45, 7) is 8.19. The lowest BCUT2D eigenvalue weighted by atomic mass is 10.0. The molecule has 0 saturated heterocycles. The molecule has 0 saturated carbocycles. The SMILES string of the molecule is Cc1ccccc1CNCc1cccc2c1OC(C)(C)C2. The lowest BCUT2D eigenvalue weighted by Crippen LogP contribution is -2.25. The molecule has 0 radical (unpaired) electrons. The van der Waals surface area contributed by atoms with E-state index in [0.717, 1.165) is 25.3 Å². The molecule has 2 aromatic rings. The zero-order valence-electron chi connectivity index (χ0n) is 13.1. The molecule has 3 rings (SSSR count). The van der Waals surface area contributed by atoms with Crippen molar-refractivity contribution in [1.29, 1.82) is 0 Å². The molecule has 110 valence electrons. The van der Waals surface area contributed by atoms with Crippen LogP contribution in [0.25, 0.3) is 0 Å². The van der Waals surface area contributed by atoms with E-state index in [0.29, 0.717) is 0 Å². The van der Waals surface area contributed by atoms with Gasteiger partial charge >= 0.3 is 0 Å². The Kier molecular flexibility index (Phi) is 3.73. The van der Waals surface area contributed by atoms with Gasteiger partial charge in [0.05, 0.1) is 0 Å². The van der Waals surface area contributed by atoms with Gasteiger partial charge in [0.2, 0.25) is 0 Å². The van der Waals surface area contributed by atoms with Crippen molar-refractivity contribution in [3.05, 3.63) is 64.7 Å². The predicted molar refractivity (Wildman–Crippen MR) is 86.6 cm³/mol. The van der Waals surface area contributed by atoms with Gasteiger partial charge in [-0.25, -0.2) is 0 Å². The average Bonchev–Trinajstić information content (AvgIpc) is 2.76. The maximum Gasteiger partial charge on any atom is 0.127 e. The van der Waals surface area contributed by atoms with Crippen LogP contribution < -0.4 is 10.1 Å². The van der Waals surface area contributed by atoms with E-state index in [1.54, 1.807) is 0 Å². The zero-order valence-corrected chi connectivity index (χ0v) is 13.1. The van der Waals surface area contributed by atoms with Crippen molar-refractivity contribution < 1.29 is 4.74 Å². The van der Waals surface area contributed by atoms with E-state index >= 15 is 0 Å². The van der Waals surface area contributed by atoms with E-state index in [9.17, 15) is 0 Å². The van der Waals surface area contributed by atoms with Crippen LogP contribution in [-0.2, 0) is 19.5 Å². The summed E-state index contributed by atoms with van der Waals surface area (Å²) in [5, 5.41) is 3.54. The molecular weight excluding hydrogens is 258 g/mol. The minimum atomic E-state index is -0.0749. The molecule has 0 aromatic heterocycles. The quantitative estimate of drug-likeness (QED) is 0.914. The fraction of sp³-hybridized carbons (Fsp3) is 0.368. The van der Waals surface area contributed by atoms with Crippen molar-refractivity contribution >= 4 is 0 Å². The van der Waals surface area contributed by atoms with E-state index < -0.39 is 0 Å². The summed E-state index contributed by atoms with van der Waals surface area (Å²) in [4.78, 5) is 0. The van der Waals surface area contributed by atoms with Gasteiger partial charge < -0.3 is 10.1 Å². The molecule has 0 bridgehead atoms. The molecule has 0 spiro atoms. The van der Waals surface area contributed by atoms with Gasteiger partial charge in [-0.05, 0) is 37.5 Å². The average molecular weight is 281 g/mol. The molecule has 21 heavy (non-hydrogen) atoms. The summed E-state index contributed by atoms with van der Waals surface area (Å²) < 4.78 is 6.11.